The summed E-state index contributed by atoms with van der Waals surface area (Å²) in [4.78, 5) is 12.8. The van der Waals surface area contributed by atoms with Crippen LogP contribution in [-0.2, 0) is 0 Å². The zero-order valence-electron chi connectivity index (χ0n) is 8.35. The van der Waals surface area contributed by atoms with Gasteiger partial charge in [-0.05, 0) is 29.6 Å². The number of benzene rings is 1. The Balaban J connectivity index is 1.95. The maximum absolute atomic E-state index is 11.7. The van der Waals surface area contributed by atoms with Gasteiger partial charge in [0.25, 0.3) is 0 Å². The van der Waals surface area contributed by atoms with E-state index in [-0.39, 0.29) is 5.78 Å². The molecule has 0 saturated heterocycles. The molecule has 2 aromatic rings. The van der Waals surface area contributed by atoms with Crippen LogP contribution in [0, 0.1) is 0 Å². The van der Waals surface area contributed by atoms with Crippen LogP contribution in [0.25, 0.3) is 0 Å². The first kappa shape index (κ1) is 11.9. The molecule has 16 heavy (non-hydrogen) atoms. The minimum Gasteiger partial charge on any atom is -0.293 e. The monoisotopic (exact) mass is 312 g/mol. The van der Waals surface area contributed by atoms with Gasteiger partial charge >= 0.3 is 0 Å². The highest BCUT2D eigenvalue weighted by Gasteiger charge is 2.06. The average molecular weight is 313 g/mol. The van der Waals surface area contributed by atoms with Crippen molar-refractivity contribution < 1.29 is 4.79 Å². The maximum Gasteiger partial charge on any atom is 0.173 e. The number of carbonyl (C=O) groups is 1. The molecule has 0 fully saturated rings. The summed E-state index contributed by atoms with van der Waals surface area (Å²) in [7, 11) is 0. The lowest BCUT2D eigenvalue weighted by atomic mass is 10.2. The van der Waals surface area contributed by atoms with Crippen molar-refractivity contribution in [3.05, 3.63) is 51.1 Å². The quantitative estimate of drug-likeness (QED) is 0.611. The van der Waals surface area contributed by atoms with Crippen LogP contribution >= 0.6 is 39.0 Å². The Labute approximate surface area is 111 Å². The fourth-order valence-electron chi connectivity index (χ4n) is 1.21. The summed E-state index contributed by atoms with van der Waals surface area (Å²) in [6.07, 6.45) is 0. The van der Waals surface area contributed by atoms with Crippen molar-refractivity contribution in [3.8, 4) is 0 Å². The van der Waals surface area contributed by atoms with Gasteiger partial charge in [0.2, 0.25) is 0 Å². The Hall–Kier alpha value is -0.580. The summed E-state index contributed by atoms with van der Waals surface area (Å²) in [5.41, 5.74) is 0.812. The highest BCUT2D eigenvalue weighted by atomic mass is 79.9. The maximum atomic E-state index is 11.7. The van der Waals surface area contributed by atoms with Gasteiger partial charge in [0, 0.05) is 20.3 Å². The number of thiophene rings is 1. The lowest BCUT2D eigenvalue weighted by Gasteiger charge is -2.00. The van der Waals surface area contributed by atoms with Crippen LogP contribution in [0.1, 0.15) is 10.4 Å². The predicted molar refractivity (Wildman–Crippen MR) is 73.5 cm³/mol. The summed E-state index contributed by atoms with van der Waals surface area (Å²) in [6, 6.07) is 9.85. The third-order valence-corrected chi connectivity index (χ3v) is 4.18. The molecular formula is C12H9BrOS2. The van der Waals surface area contributed by atoms with Crippen molar-refractivity contribution in [2.45, 2.75) is 4.90 Å². The highest BCUT2D eigenvalue weighted by Crippen LogP contribution is 2.23. The Kier molecular flexibility index (Phi) is 4.21. The van der Waals surface area contributed by atoms with Crippen LogP contribution in [0.2, 0.25) is 0 Å². The first-order chi connectivity index (χ1) is 7.75. The number of Topliss-reactive ketones (excluding diaryl/α,β-unsaturated/α-hetero) is 1. The van der Waals surface area contributed by atoms with Crippen LogP contribution in [0.3, 0.4) is 0 Å². The zero-order valence-corrected chi connectivity index (χ0v) is 11.6. The topological polar surface area (TPSA) is 17.1 Å². The second kappa shape index (κ2) is 5.66. The van der Waals surface area contributed by atoms with E-state index < -0.39 is 0 Å². The number of rotatable bonds is 4. The molecular weight excluding hydrogens is 304 g/mol. The summed E-state index contributed by atoms with van der Waals surface area (Å²) in [5.74, 6) is 0.680. The molecule has 0 bridgehead atoms. The average Bonchev–Trinajstić information content (AvgIpc) is 2.79. The number of hydrogen-bond donors (Lipinski definition) is 0. The number of halogens is 1. The van der Waals surface area contributed by atoms with Crippen LogP contribution < -0.4 is 0 Å². The van der Waals surface area contributed by atoms with Crippen LogP contribution in [0.4, 0.5) is 0 Å². The Bertz CT molecular complexity index is 480. The number of hydrogen-bond acceptors (Lipinski definition) is 3. The van der Waals surface area contributed by atoms with E-state index in [0.717, 1.165) is 14.9 Å². The molecule has 1 nitrogen and oxygen atoms in total. The Morgan fingerprint density at radius 3 is 2.94 bits per heavy atom. The summed E-state index contributed by atoms with van der Waals surface area (Å²) in [6.45, 7) is 0. The molecule has 0 aliphatic rings. The molecule has 0 N–H and O–H groups in total. The van der Waals surface area contributed by atoms with Crippen LogP contribution in [-0.4, -0.2) is 11.5 Å². The number of carbonyl (C=O) groups excluding carboxylic acids is 1. The number of ketones is 1. The van der Waals surface area contributed by atoms with E-state index in [1.165, 1.54) is 0 Å². The SMILES string of the molecule is O=C(CSc1cccc(Br)c1)c1ccsc1. The van der Waals surface area contributed by atoms with Crippen molar-refractivity contribution in [1.82, 2.24) is 0 Å². The third kappa shape index (κ3) is 3.20. The van der Waals surface area contributed by atoms with Crippen molar-refractivity contribution >= 4 is 44.8 Å². The molecule has 1 aromatic carbocycles. The van der Waals surface area contributed by atoms with E-state index in [9.17, 15) is 4.79 Å². The molecule has 0 unspecified atom stereocenters. The predicted octanol–water partition coefficient (Wildman–Crippen LogP) is 4.49. The molecule has 0 radical (unpaired) electrons. The molecule has 0 amide bonds. The third-order valence-electron chi connectivity index (χ3n) is 2.01. The van der Waals surface area contributed by atoms with Gasteiger partial charge in [-0.25, -0.2) is 0 Å². The zero-order chi connectivity index (χ0) is 11.4. The first-order valence-corrected chi connectivity index (χ1v) is 7.41. The van der Waals surface area contributed by atoms with Gasteiger partial charge in [0.15, 0.2) is 5.78 Å². The van der Waals surface area contributed by atoms with E-state index in [0.29, 0.717) is 5.75 Å². The second-order valence-electron chi connectivity index (χ2n) is 3.18. The van der Waals surface area contributed by atoms with Crippen molar-refractivity contribution in [3.63, 3.8) is 0 Å². The van der Waals surface area contributed by atoms with E-state index in [1.54, 1.807) is 23.1 Å². The van der Waals surface area contributed by atoms with Gasteiger partial charge in [-0.1, -0.05) is 22.0 Å². The van der Waals surface area contributed by atoms with E-state index >= 15 is 0 Å². The first-order valence-electron chi connectivity index (χ1n) is 4.69. The minimum atomic E-state index is 0.186. The summed E-state index contributed by atoms with van der Waals surface area (Å²) < 4.78 is 1.04. The summed E-state index contributed by atoms with van der Waals surface area (Å²) >= 11 is 6.53. The lowest BCUT2D eigenvalue weighted by Crippen LogP contribution is -1.99. The van der Waals surface area contributed by atoms with Gasteiger partial charge < -0.3 is 0 Å². The second-order valence-corrected chi connectivity index (χ2v) is 5.93. The van der Waals surface area contributed by atoms with Crippen LogP contribution in [0.15, 0.2) is 50.5 Å². The van der Waals surface area contributed by atoms with E-state index in [2.05, 4.69) is 15.9 Å². The van der Waals surface area contributed by atoms with Crippen LogP contribution in [0.5, 0.6) is 0 Å². The fourth-order valence-corrected chi connectivity index (χ4v) is 3.27. The normalized spacial score (nSPS) is 10.3. The molecule has 1 aromatic heterocycles. The van der Waals surface area contributed by atoms with E-state index in [1.807, 2.05) is 41.1 Å². The van der Waals surface area contributed by atoms with Gasteiger partial charge in [-0.15, -0.1) is 11.8 Å². The van der Waals surface area contributed by atoms with Gasteiger partial charge in [0.05, 0.1) is 5.75 Å². The minimum absolute atomic E-state index is 0.186. The standard InChI is InChI=1S/C12H9BrOS2/c13-10-2-1-3-11(6-10)16-8-12(14)9-4-5-15-7-9/h1-7H,8H2. The largest absolute Gasteiger partial charge is 0.293 e. The number of thioether (sulfide) groups is 1. The molecule has 0 spiro atoms. The molecule has 4 heteroatoms. The molecule has 0 saturated carbocycles. The van der Waals surface area contributed by atoms with Crippen molar-refractivity contribution in [2.75, 3.05) is 5.75 Å². The fraction of sp³-hybridized carbons (Fsp3) is 0.0833. The smallest absolute Gasteiger partial charge is 0.173 e. The van der Waals surface area contributed by atoms with Gasteiger partial charge in [-0.3, -0.25) is 4.79 Å². The highest BCUT2D eigenvalue weighted by molar-refractivity contribution is 9.10. The van der Waals surface area contributed by atoms with Crippen molar-refractivity contribution in [2.24, 2.45) is 0 Å². The van der Waals surface area contributed by atoms with Gasteiger partial charge in [-0.2, -0.15) is 11.3 Å². The molecule has 0 atom stereocenters. The molecule has 1 heterocycles. The lowest BCUT2D eigenvalue weighted by molar-refractivity contribution is 0.102. The molecule has 82 valence electrons. The van der Waals surface area contributed by atoms with E-state index in [4.69, 9.17) is 0 Å². The van der Waals surface area contributed by atoms with Crippen molar-refractivity contribution in [1.29, 1.82) is 0 Å². The Morgan fingerprint density at radius 1 is 1.38 bits per heavy atom. The molecule has 0 aliphatic heterocycles. The Morgan fingerprint density at radius 2 is 2.25 bits per heavy atom. The molecule has 2 rings (SSSR count). The van der Waals surface area contributed by atoms with Gasteiger partial charge in [0.1, 0.15) is 0 Å². The summed E-state index contributed by atoms with van der Waals surface area (Å²) in [5, 5.41) is 3.82. The molecule has 0 aliphatic carbocycles.